The molecule has 0 bridgehead atoms. The molecule has 2 N–H and O–H groups in total. The zero-order valence-electron chi connectivity index (χ0n) is 8.07. The van der Waals surface area contributed by atoms with Crippen LogP contribution in [-0.4, -0.2) is 11.5 Å². The van der Waals surface area contributed by atoms with Gasteiger partial charge in [0.15, 0.2) is 16.3 Å². The molecule has 0 saturated heterocycles. The number of aromatic nitrogens is 1. The lowest BCUT2D eigenvalue weighted by Gasteiger charge is -1.92. The molecule has 0 atom stereocenters. The van der Waals surface area contributed by atoms with Gasteiger partial charge in [0.1, 0.15) is 0 Å². The van der Waals surface area contributed by atoms with E-state index in [-0.39, 0.29) is 0 Å². The Kier molecular flexibility index (Phi) is 3.23. The summed E-state index contributed by atoms with van der Waals surface area (Å²) in [6, 6.07) is 1.83. The van der Waals surface area contributed by atoms with E-state index in [1.807, 2.05) is 6.07 Å². The molecule has 0 unspecified atom stereocenters. The van der Waals surface area contributed by atoms with Crippen LogP contribution in [0.3, 0.4) is 0 Å². The molecule has 0 aromatic carbocycles. The average Bonchev–Trinajstić information content (AvgIpc) is 2.83. The Morgan fingerprint density at radius 1 is 1.47 bits per heavy atom. The zero-order valence-corrected chi connectivity index (χ0v) is 9.66. The summed E-state index contributed by atoms with van der Waals surface area (Å²) in [4.78, 5) is 4.17. The first-order valence-corrected chi connectivity index (χ1v) is 5.48. The maximum absolute atomic E-state index is 5.55. The minimum atomic E-state index is 0.646. The maximum atomic E-state index is 5.55. The first-order chi connectivity index (χ1) is 7.31. The third-order valence-electron chi connectivity index (χ3n) is 2.03. The molecule has 5 heteroatoms. The Hall–Kier alpha value is -1.07. The molecule has 0 spiro atoms. The van der Waals surface area contributed by atoms with Crippen molar-refractivity contribution in [2.45, 2.75) is 12.8 Å². The largest absolute Gasteiger partial charge is 0.457 e. The molecular weight excluding hydrogens is 260 g/mol. The number of halogens is 1. The number of rotatable bonds is 4. The van der Waals surface area contributed by atoms with Crippen LogP contribution in [0.2, 0.25) is 0 Å². The molecule has 0 aliphatic heterocycles. The lowest BCUT2D eigenvalue weighted by Crippen LogP contribution is -2.00. The van der Waals surface area contributed by atoms with Crippen molar-refractivity contribution in [3.8, 4) is 11.3 Å². The molecule has 0 saturated carbocycles. The molecule has 0 fully saturated rings. The summed E-state index contributed by atoms with van der Waals surface area (Å²) in [6.45, 7) is 0.646. The van der Waals surface area contributed by atoms with Gasteiger partial charge < -0.3 is 14.6 Å². The van der Waals surface area contributed by atoms with E-state index in [4.69, 9.17) is 14.6 Å². The highest BCUT2D eigenvalue weighted by Gasteiger charge is 2.11. The highest BCUT2D eigenvalue weighted by molar-refractivity contribution is 9.10. The summed E-state index contributed by atoms with van der Waals surface area (Å²) in [7, 11) is 0. The Morgan fingerprint density at radius 3 is 3.00 bits per heavy atom. The standard InChI is InChI=1S/C10H11BrN2O2/c11-10-7(3-5-14-10)8-6-13-9(15-8)2-1-4-12/h3,5-6H,1-2,4,12H2. The average molecular weight is 271 g/mol. The summed E-state index contributed by atoms with van der Waals surface area (Å²) < 4.78 is 11.3. The number of furan rings is 1. The first kappa shape index (κ1) is 10.4. The van der Waals surface area contributed by atoms with Gasteiger partial charge in [-0.2, -0.15) is 0 Å². The van der Waals surface area contributed by atoms with Crippen LogP contribution in [0, 0.1) is 0 Å². The molecule has 2 rings (SSSR count). The van der Waals surface area contributed by atoms with E-state index in [0.717, 1.165) is 18.4 Å². The number of hydrogen-bond donors (Lipinski definition) is 1. The quantitative estimate of drug-likeness (QED) is 0.928. The molecular formula is C10H11BrN2O2. The highest BCUT2D eigenvalue weighted by atomic mass is 79.9. The van der Waals surface area contributed by atoms with Crippen LogP contribution in [0.1, 0.15) is 12.3 Å². The molecule has 2 heterocycles. The second-order valence-electron chi connectivity index (χ2n) is 3.12. The first-order valence-electron chi connectivity index (χ1n) is 4.69. The second-order valence-corrected chi connectivity index (χ2v) is 3.84. The van der Waals surface area contributed by atoms with Crippen molar-refractivity contribution in [2.75, 3.05) is 6.54 Å². The minimum Gasteiger partial charge on any atom is -0.457 e. The number of nitrogens with two attached hydrogens (primary N) is 1. The topological polar surface area (TPSA) is 65.2 Å². The smallest absolute Gasteiger partial charge is 0.194 e. The van der Waals surface area contributed by atoms with Crippen LogP contribution in [0.5, 0.6) is 0 Å². The molecule has 15 heavy (non-hydrogen) atoms. The van der Waals surface area contributed by atoms with E-state index in [1.54, 1.807) is 12.5 Å². The van der Waals surface area contributed by atoms with Crippen molar-refractivity contribution < 1.29 is 8.83 Å². The van der Waals surface area contributed by atoms with Crippen LogP contribution in [-0.2, 0) is 6.42 Å². The summed E-state index contributed by atoms with van der Waals surface area (Å²) in [5.41, 5.74) is 6.29. The van der Waals surface area contributed by atoms with Crippen molar-refractivity contribution >= 4 is 15.9 Å². The van der Waals surface area contributed by atoms with Crippen molar-refractivity contribution in [1.29, 1.82) is 0 Å². The predicted octanol–water partition coefficient (Wildman–Crippen LogP) is 2.59. The number of nitrogens with zero attached hydrogens (tertiary/aromatic N) is 1. The van der Waals surface area contributed by atoms with E-state index >= 15 is 0 Å². The molecule has 2 aromatic rings. The molecule has 80 valence electrons. The summed E-state index contributed by atoms with van der Waals surface area (Å²) in [5.74, 6) is 1.42. The van der Waals surface area contributed by atoms with Crippen LogP contribution in [0.25, 0.3) is 11.3 Å². The number of hydrogen-bond acceptors (Lipinski definition) is 4. The summed E-state index contributed by atoms with van der Waals surface area (Å²) in [5, 5.41) is 0. The second kappa shape index (κ2) is 4.63. The lowest BCUT2D eigenvalue weighted by molar-refractivity contribution is 0.496. The molecule has 4 nitrogen and oxygen atoms in total. The summed E-state index contributed by atoms with van der Waals surface area (Å²) in [6.07, 6.45) is 4.95. The van der Waals surface area contributed by atoms with Gasteiger partial charge in [-0.05, 0) is 35.0 Å². The SMILES string of the molecule is NCCCc1ncc(-c2ccoc2Br)o1. The normalized spacial score (nSPS) is 10.8. The highest BCUT2D eigenvalue weighted by Crippen LogP contribution is 2.29. The fraction of sp³-hybridized carbons (Fsp3) is 0.300. The number of aryl methyl sites for hydroxylation is 1. The van der Waals surface area contributed by atoms with Gasteiger partial charge in [-0.3, -0.25) is 0 Å². The van der Waals surface area contributed by atoms with Gasteiger partial charge in [0.05, 0.1) is 18.0 Å². The predicted molar refractivity (Wildman–Crippen MR) is 59.3 cm³/mol. The fourth-order valence-corrected chi connectivity index (χ4v) is 1.71. The maximum Gasteiger partial charge on any atom is 0.194 e. The summed E-state index contributed by atoms with van der Waals surface area (Å²) >= 11 is 3.29. The van der Waals surface area contributed by atoms with Crippen molar-refractivity contribution in [1.82, 2.24) is 4.98 Å². The van der Waals surface area contributed by atoms with Gasteiger partial charge in [-0.1, -0.05) is 0 Å². The molecule has 0 aliphatic carbocycles. The third kappa shape index (κ3) is 2.30. The fourth-order valence-electron chi connectivity index (χ4n) is 1.27. The third-order valence-corrected chi connectivity index (χ3v) is 2.65. The van der Waals surface area contributed by atoms with Gasteiger partial charge in [-0.15, -0.1) is 0 Å². The van der Waals surface area contributed by atoms with Crippen LogP contribution in [0.15, 0.2) is 32.0 Å². The molecule has 2 aromatic heterocycles. The molecule has 0 radical (unpaired) electrons. The van der Waals surface area contributed by atoms with Gasteiger partial charge in [0.25, 0.3) is 0 Å². The molecule has 0 amide bonds. The van der Waals surface area contributed by atoms with E-state index in [9.17, 15) is 0 Å². The van der Waals surface area contributed by atoms with Crippen molar-refractivity contribution in [3.63, 3.8) is 0 Å². The van der Waals surface area contributed by atoms with Crippen molar-refractivity contribution in [2.24, 2.45) is 5.73 Å². The van der Waals surface area contributed by atoms with Crippen LogP contribution >= 0.6 is 15.9 Å². The Balaban J connectivity index is 2.17. The Bertz CT molecular complexity index is 436. The zero-order chi connectivity index (χ0) is 10.7. The van der Waals surface area contributed by atoms with E-state index in [0.29, 0.717) is 22.9 Å². The van der Waals surface area contributed by atoms with Gasteiger partial charge in [0.2, 0.25) is 0 Å². The van der Waals surface area contributed by atoms with E-state index in [2.05, 4.69) is 20.9 Å². The lowest BCUT2D eigenvalue weighted by atomic mass is 10.3. The Labute approximate surface area is 95.6 Å². The molecule has 0 aliphatic rings. The minimum absolute atomic E-state index is 0.646. The Morgan fingerprint density at radius 2 is 2.33 bits per heavy atom. The van der Waals surface area contributed by atoms with Crippen molar-refractivity contribution in [3.05, 3.63) is 29.1 Å². The van der Waals surface area contributed by atoms with E-state index in [1.165, 1.54) is 0 Å². The van der Waals surface area contributed by atoms with Gasteiger partial charge in [0, 0.05) is 6.42 Å². The number of oxazole rings is 1. The van der Waals surface area contributed by atoms with Gasteiger partial charge in [-0.25, -0.2) is 4.98 Å². The van der Waals surface area contributed by atoms with E-state index < -0.39 is 0 Å². The van der Waals surface area contributed by atoms with Crippen LogP contribution in [0.4, 0.5) is 0 Å². The van der Waals surface area contributed by atoms with Gasteiger partial charge >= 0.3 is 0 Å². The monoisotopic (exact) mass is 270 g/mol. The van der Waals surface area contributed by atoms with Crippen LogP contribution < -0.4 is 5.73 Å².